The largest absolute Gasteiger partial charge is 0.276 e. The first kappa shape index (κ1) is 14.9. The van der Waals surface area contributed by atoms with Gasteiger partial charge in [0.25, 0.3) is 0 Å². The number of aromatic nitrogens is 5. The normalized spacial score (nSPS) is 16.4. The van der Waals surface area contributed by atoms with E-state index < -0.39 is 0 Å². The molecule has 0 unspecified atom stereocenters. The molecule has 0 atom stereocenters. The van der Waals surface area contributed by atoms with E-state index in [1.165, 1.54) is 54.5 Å². The van der Waals surface area contributed by atoms with Crippen LogP contribution >= 0.6 is 0 Å². The van der Waals surface area contributed by atoms with Crippen molar-refractivity contribution in [2.75, 3.05) is 0 Å². The number of benzene rings is 1. The summed E-state index contributed by atoms with van der Waals surface area (Å²) in [4.78, 5) is 4.89. The summed E-state index contributed by atoms with van der Waals surface area (Å²) < 4.78 is 3.94. The van der Waals surface area contributed by atoms with Gasteiger partial charge in [0.1, 0.15) is 5.82 Å². The molecule has 5 rings (SSSR count). The van der Waals surface area contributed by atoms with Gasteiger partial charge in [-0.2, -0.15) is 10.2 Å². The van der Waals surface area contributed by atoms with Crippen LogP contribution in [0.1, 0.15) is 53.5 Å². The predicted octanol–water partition coefficient (Wildman–Crippen LogP) is 3.15. The molecule has 0 bridgehead atoms. The molecule has 0 radical (unpaired) electrons. The Bertz CT molecular complexity index is 916. The van der Waals surface area contributed by atoms with Crippen molar-refractivity contribution < 1.29 is 0 Å². The third kappa shape index (κ3) is 2.88. The van der Waals surface area contributed by atoms with Crippen LogP contribution in [-0.4, -0.2) is 24.5 Å². The van der Waals surface area contributed by atoms with Gasteiger partial charge in [-0.05, 0) is 67.3 Å². The highest BCUT2D eigenvalue weighted by Gasteiger charge is 2.29. The minimum Gasteiger partial charge on any atom is -0.276 e. The fourth-order valence-electron chi connectivity index (χ4n) is 3.79. The molecule has 0 N–H and O–H groups in total. The molecular weight excluding hydrogens is 310 g/mol. The van der Waals surface area contributed by atoms with E-state index in [0.717, 1.165) is 24.5 Å². The second-order valence-corrected chi connectivity index (χ2v) is 7.40. The van der Waals surface area contributed by atoms with Crippen LogP contribution in [-0.2, 0) is 32.7 Å². The van der Waals surface area contributed by atoms with E-state index in [2.05, 4.69) is 34.2 Å². The van der Waals surface area contributed by atoms with Crippen LogP contribution in [0.15, 0.2) is 30.6 Å². The first-order valence-electron chi connectivity index (χ1n) is 9.32. The highest BCUT2D eigenvalue weighted by atomic mass is 15.4. The molecule has 5 heteroatoms. The van der Waals surface area contributed by atoms with Gasteiger partial charge >= 0.3 is 0 Å². The maximum atomic E-state index is 4.89. The molecular formula is C20H23N5. The van der Waals surface area contributed by atoms with Gasteiger partial charge in [-0.15, -0.1) is 0 Å². The highest BCUT2D eigenvalue weighted by molar-refractivity contribution is 5.43. The second-order valence-electron chi connectivity index (χ2n) is 7.40. The van der Waals surface area contributed by atoms with Crippen molar-refractivity contribution in [2.45, 2.75) is 50.9 Å². The van der Waals surface area contributed by atoms with Gasteiger partial charge in [-0.1, -0.05) is 6.07 Å². The van der Waals surface area contributed by atoms with Crippen molar-refractivity contribution >= 4 is 0 Å². The van der Waals surface area contributed by atoms with Crippen LogP contribution in [0.25, 0.3) is 5.69 Å². The van der Waals surface area contributed by atoms with Crippen molar-refractivity contribution in [3.63, 3.8) is 0 Å². The number of rotatable bonds is 5. The smallest absolute Gasteiger partial charge is 0.154 e. The van der Waals surface area contributed by atoms with Crippen molar-refractivity contribution in [2.24, 2.45) is 7.05 Å². The summed E-state index contributed by atoms with van der Waals surface area (Å²) in [6.07, 6.45) is 12.0. The van der Waals surface area contributed by atoms with Crippen molar-refractivity contribution in [1.29, 1.82) is 0 Å². The molecule has 1 aromatic carbocycles. The Morgan fingerprint density at radius 3 is 2.80 bits per heavy atom. The standard InChI is InChI=1S/C20H23N5/c1-24-13-14(12-21-24)5-10-19-22-20(16-6-7-16)23-25(19)18-9-8-15-3-2-4-17(15)11-18/h8-9,11-13,16H,2-7,10H2,1H3. The number of aryl methyl sites for hydroxylation is 5. The molecule has 3 aromatic rings. The second kappa shape index (κ2) is 5.83. The summed E-state index contributed by atoms with van der Waals surface area (Å²) in [5, 5.41) is 9.14. The van der Waals surface area contributed by atoms with Gasteiger partial charge in [0.15, 0.2) is 5.82 Å². The summed E-state index contributed by atoms with van der Waals surface area (Å²) in [7, 11) is 1.96. The maximum Gasteiger partial charge on any atom is 0.154 e. The zero-order chi connectivity index (χ0) is 16.8. The van der Waals surface area contributed by atoms with E-state index in [0.29, 0.717) is 5.92 Å². The zero-order valence-corrected chi connectivity index (χ0v) is 14.6. The van der Waals surface area contributed by atoms with Crippen molar-refractivity contribution in [3.8, 4) is 5.69 Å². The summed E-state index contributed by atoms with van der Waals surface area (Å²) in [6, 6.07) is 6.81. The molecule has 2 aliphatic rings. The minimum atomic E-state index is 0.577. The molecule has 0 saturated heterocycles. The van der Waals surface area contributed by atoms with Gasteiger partial charge in [0.2, 0.25) is 0 Å². The number of fused-ring (bicyclic) bond motifs is 1. The van der Waals surface area contributed by atoms with Crippen LogP contribution in [0, 0.1) is 0 Å². The quantitative estimate of drug-likeness (QED) is 0.721. The molecule has 0 spiro atoms. The average molecular weight is 333 g/mol. The molecule has 2 heterocycles. The molecule has 1 saturated carbocycles. The fraction of sp³-hybridized carbons (Fsp3) is 0.450. The summed E-state index contributed by atoms with van der Waals surface area (Å²) in [5.41, 5.74) is 5.41. The maximum absolute atomic E-state index is 4.89. The summed E-state index contributed by atoms with van der Waals surface area (Å²) in [6.45, 7) is 0. The minimum absolute atomic E-state index is 0.577. The topological polar surface area (TPSA) is 48.5 Å². The summed E-state index contributed by atoms with van der Waals surface area (Å²) in [5.74, 6) is 2.68. The lowest BCUT2D eigenvalue weighted by atomic mass is 10.1. The SMILES string of the molecule is Cn1cc(CCc2nc(C3CC3)nn2-c2ccc3c(c2)CCC3)cn1. The zero-order valence-electron chi connectivity index (χ0n) is 14.6. The van der Waals surface area contributed by atoms with Crippen LogP contribution in [0.4, 0.5) is 0 Å². The Morgan fingerprint density at radius 2 is 2.00 bits per heavy atom. The first-order valence-corrected chi connectivity index (χ1v) is 9.32. The lowest BCUT2D eigenvalue weighted by Gasteiger charge is -2.08. The van der Waals surface area contributed by atoms with E-state index in [4.69, 9.17) is 10.1 Å². The molecule has 128 valence electrons. The average Bonchev–Trinajstić information content (AvgIpc) is 3.04. The van der Waals surface area contributed by atoms with Gasteiger partial charge in [-0.3, -0.25) is 4.68 Å². The van der Waals surface area contributed by atoms with Crippen LogP contribution in [0.5, 0.6) is 0 Å². The number of nitrogens with zero attached hydrogens (tertiary/aromatic N) is 5. The van der Waals surface area contributed by atoms with Gasteiger partial charge < -0.3 is 0 Å². The van der Waals surface area contributed by atoms with E-state index in [1.54, 1.807) is 0 Å². The van der Waals surface area contributed by atoms with Crippen LogP contribution in [0.2, 0.25) is 0 Å². The number of hydrogen-bond donors (Lipinski definition) is 0. The molecule has 25 heavy (non-hydrogen) atoms. The third-order valence-electron chi connectivity index (χ3n) is 5.36. The Kier molecular flexibility index (Phi) is 3.47. The van der Waals surface area contributed by atoms with Crippen molar-refractivity contribution in [1.82, 2.24) is 24.5 Å². The highest BCUT2D eigenvalue weighted by Crippen LogP contribution is 2.38. The van der Waals surface area contributed by atoms with E-state index in [-0.39, 0.29) is 0 Å². The molecule has 5 nitrogen and oxygen atoms in total. The van der Waals surface area contributed by atoms with Gasteiger partial charge in [0.05, 0.1) is 11.9 Å². The molecule has 2 aliphatic carbocycles. The van der Waals surface area contributed by atoms with E-state index >= 15 is 0 Å². The molecule has 0 amide bonds. The molecule has 0 aliphatic heterocycles. The van der Waals surface area contributed by atoms with Gasteiger partial charge in [0, 0.05) is 25.6 Å². The Balaban J connectivity index is 1.47. The van der Waals surface area contributed by atoms with Crippen LogP contribution < -0.4 is 0 Å². The Labute approximate surface area is 147 Å². The third-order valence-corrected chi connectivity index (χ3v) is 5.36. The fourth-order valence-corrected chi connectivity index (χ4v) is 3.79. The van der Waals surface area contributed by atoms with Crippen molar-refractivity contribution in [3.05, 3.63) is 58.9 Å². The van der Waals surface area contributed by atoms with Gasteiger partial charge in [-0.25, -0.2) is 9.67 Å². The molecule has 2 aromatic heterocycles. The first-order chi connectivity index (χ1) is 12.3. The monoisotopic (exact) mass is 333 g/mol. The Morgan fingerprint density at radius 1 is 1.12 bits per heavy atom. The summed E-state index contributed by atoms with van der Waals surface area (Å²) >= 11 is 0. The van der Waals surface area contributed by atoms with E-state index in [1.807, 2.05) is 17.9 Å². The van der Waals surface area contributed by atoms with Crippen LogP contribution in [0.3, 0.4) is 0 Å². The lowest BCUT2D eigenvalue weighted by molar-refractivity contribution is 0.757. The predicted molar refractivity (Wildman–Crippen MR) is 96.0 cm³/mol. The van der Waals surface area contributed by atoms with E-state index in [9.17, 15) is 0 Å². The Hall–Kier alpha value is -2.43. The molecule has 1 fully saturated rings. The lowest BCUT2D eigenvalue weighted by Crippen LogP contribution is -2.05. The number of hydrogen-bond acceptors (Lipinski definition) is 3.